The third-order valence-corrected chi connectivity index (χ3v) is 9.76. The van der Waals surface area contributed by atoms with Crippen LogP contribution in [0.5, 0.6) is 0 Å². The largest absolute Gasteiger partial charge is 1.00 e. The van der Waals surface area contributed by atoms with Gasteiger partial charge in [-0.1, -0.05) is 95.0 Å². The second-order valence-corrected chi connectivity index (χ2v) is 11.2. The van der Waals surface area contributed by atoms with Crippen molar-refractivity contribution in [1.82, 2.24) is 0 Å². The monoisotopic (exact) mass is 385 g/mol. The fraction of sp³-hybridized carbons (Fsp3) is 0.769. The van der Waals surface area contributed by atoms with Crippen LogP contribution in [0, 0.1) is 23.2 Å². The SMILES string of the molecule is CC1(C)[C@H]2C[C@H]([B-]3C4CCCC3CCC4)[C@@H](CCOCc3ccccc3)[C@@H]1C2.[Li+]. The zero-order chi connectivity index (χ0) is 19.1. The Hall–Kier alpha value is -0.158. The van der Waals surface area contributed by atoms with Gasteiger partial charge in [-0.25, -0.2) is 0 Å². The van der Waals surface area contributed by atoms with Crippen LogP contribution in [-0.2, 0) is 11.3 Å². The molecule has 153 valence electrons. The first-order valence-electron chi connectivity index (χ1n) is 12.3. The van der Waals surface area contributed by atoms with Gasteiger partial charge in [0.2, 0.25) is 0 Å². The Balaban J connectivity index is 0.00000205. The van der Waals surface area contributed by atoms with E-state index in [-0.39, 0.29) is 18.9 Å². The molecule has 2 heterocycles. The standard InChI is InChI=1S/C26H39BO.Li/c1-26(2)20-16-24(26)23(14-15-28-18-19-8-4-3-5-9-19)25(17-20)27-21-10-6-11-22(27)13-7-12-21;/h3-5,8-9,20-25H,6-7,10-18H2,1-2H3;/q-1;+1/t20-,21?,22?,23+,24+,25+;/m1./s1. The van der Waals surface area contributed by atoms with Crippen molar-refractivity contribution in [3.8, 4) is 0 Å². The van der Waals surface area contributed by atoms with Crippen LogP contribution in [0.25, 0.3) is 0 Å². The minimum Gasteiger partial charge on any atom is -0.377 e. The number of hydrogen-bond donors (Lipinski definition) is 0. The zero-order valence-corrected chi connectivity index (χ0v) is 19.1. The van der Waals surface area contributed by atoms with E-state index in [1.165, 1.54) is 63.4 Å². The van der Waals surface area contributed by atoms with Crippen molar-refractivity contribution >= 4 is 6.71 Å². The summed E-state index contributed by atoms with van der Waals surface area (Å²) in [5, 5.41) is 0. The normalized spacial score (nSPS) is 38.0. The molecule has 3 heteroatoms. The third kappa shape index (κ3) is 4.16. The average molecular weight is 385 g/mol. The van der Waals surface area contributed by atoms with Gasteiger partial charge in [0.05, 0.1) is 6.61 Å². The van der Waals surface area contributed by atoms with E-state index in [0.29, 0.717) is 5.41 Å². The van der Waals surface area contributed by atoms with E-state index in [4.69, 9.17) is 4.74 Å². The summed E-state index contributed by atoms with van der Waals surface area (Å²) < 4.78 is 6.19. The first kappa shape index (κ1) is 22.1. The summed E-state index contributed by atoms with van der Waals surface area (Å²) in [6.07, 6.45) is 13.5. The van der Waals surface area contributed by atoms with Gasteiger partial charge in [0, 0.05) is 6.61 Å². The fourth-order valence-electron chi connectivity index (χ4n) is 8.25. The maximum Gasteiger partial charge on any atom is 1.00 e. The molecule has 1 nitrogen and oxygen atoms in total. The van der Waals surface area contributed by atoms with Crippen molar-refractivity contribution in [2.45, 2.75) is 95.7 Å². The second kappa shape index (κ2) is 9.14. The molecule has 1 aromatic carbocycles. The minimum absolute atomic E-state index is 0. The molecule has 5 fully saturated rings. The third-order valence-electron chi connectivity index (χ3n) is 9.76. The van der Waals surface area contributed by atoms with E-state index in [0.717, 1.165) is 55.1 Å². The van der Waals surface area contributed by atoms with Crippen LogP contribution in [0.2, 0.25) is 17.5 Å². The molecule has 3 aliphatic carbocycles. The maximum absolute atomic E-state index is 6.19. The molecule has 29 heavy (non-hydrogen) atoms. The smallest absolute Gasteiger partial charge is 0.377 e. The van der Waals surface area contributed by atoms with Gasteiger partial charge in [-0.3, -0.25) is 0 Å². The van der Waals surface area contributed by atoms with E-state index >= 15 is 0 Å². The molecule has 2 aliphatic heterocycles. The molecule has 6 rings (SSSR count). The summed E-state index contributed by atoms with van der Waals surface area (Å²) in [6, 6.07) is 10.7. The molecule has 3 saturated carbocycles. The molecular weight excluding hydrogens is 346 g/mol. The Morgan fingerprint density at radius 1 is 0.966 bits per heavy atom. The fourth-order valence-corrected chi connectivity index (χ4v) is 8.25. The number of hydrogen-bond acceptors (Lipinski definition) is 1. The molecule has 1 radical (unpaired) electrons. The Labute approximate surface area is 191 Å². The van der Waals surface area contributed by atoms with Gasteiger partial charge in [-0.2, -0.15) is 17.5 Å². The zero-order valence-electron chi connectivity index (χ0n) is 19.1. The number of ether oxygens (including phenoxy) is 1. The van der Waals surface area contributed by atoms with E-state index in [2.05, 4.69) is 44.2 Å². The van der Waals surface area contributed by atoms with Gasteiger partial charge in [0.25, 0.3) is 0 Å². The number of rotatable bonds is 6. The molecule has 0 amide bonds. The van der Waals surface area contributed by atoms with Gasteiger partial charge in [0.1, 0.15) is 0 Å². The summed E-state index contributed by atoms with van der Waals surface area (Å²) in [6.45, 7) is 7.94. The topological polar surface area (TPSA) is 9.23 Å². The molecule has 0 unspecified atom stereocenters. The van der Waals surface area contributed by atoms with Crippen molar-refractivity contribution in [1.29, 1.82) is 0 Å². The molecule has 0 aromatic heterocycles. The molecule has 1 aromatic rings. The van der Waals surface area contributed by atoms with E-state index in [9.17, 15) is 0 Å². The van der Waals surface area contributed by atoms with Crippen molar-refractivity contribution in [2.24, 2.45) is 23.2 Å². The molecule has 2 saturated heterocycles. The van der Waals surface area contributed by atoms with E-state index in [1.807, 2.05) is 0 Å². The summed E-state index contributed by atoms with van der Waals surface area (Å²) in [7, 11) is 0. The van der Waals surface area contributed by atoms with Crippen LogP contribution >= 0.6 is 0 Å². The van der Waals surface area contributed by atoms with Crippen LogP contribution in [0.15, 0.2) is 30.3 Å². The van der Waals surface area contributed by atoms with Crippen LogP contribution < -0.4 is 18.9 Å². The van der Waals surface area contributed by atoms with E-state index in [1.54, 1.807) is 0 Å². The molecule has 0 N–H and O–H groups in total. The molecule has 0 spiro atoms. The first-order valence-corrected chi connectivity index (χ1v) is 12.3. The van der Waals surface area contributed by atoms with E-state index < -0.39 is 0 Å². The predicted molar refractivity (Wildman–Crippen MR) is 119 cm³/mol. The van der Waals surface area contributed by atoms with Crippen LogP contribution in [-0.4, -0.2) is 13.3 Å². The van der Waals surface area contributed by atoms with Crippen molar-refractivity contribution < 1.29 is 23.6 Å². The van der Waals surface area contributed by atoms with Crippen LogP contribution in [0.4, 0.5) is 0 Å². The van der Waals surface area contributed by atoms with Gasteiger partial charge in [-0.15, -0.1) is 6.71 Å². The van der Waals surface area contributed by atoms with Crippen LogP contribution in [0.3, 0.4) is 0 Å². The molecule has 4 bridgehead atoms. The summed E-state index contributed by atoms with van der Waals surface area (Å²) in [5.41, 5.74) is 1.90. The minimum atomic E-state index is 0. The van der Waals surface area contributed by atoms with Crippen molar-refractivity contribution in [3.05, 3.63) is 35.9 Å². The molecular formula is C26H39BLiO. The van der Waals surface area contributed by atoms with Crippen LogP contribution in [0.1, 0.15) is 77.2 Å². The maximum atomic E-state index is 6.19. The van der Waals surface area contributed by atoms with Gasteiger partial charge >= 0.3 is 18.9 Å². The summed E-state index contributed by atoms with van der Waals surface area (Å²) in [5.74, 6) is 6.01. The number of benzene rings is 1. The molecule has 5 aliphatic rings. The second-order valence-electron chi connectivity index (χ2n) is 11.2. The van der Waals surface area contributed by atoms with Crippen molar-refractivity contribution in [3.63, 3.8) is 0 Å². The quantitative estimate of drug-likeness (QED) is 0.526. The summed E-state index contributed by atoms with van der Waals surface area (Å²) >= 11 is 0. The van der Waals surface area contributed by atoms with Gasteiger partial charge < -0.3 is 4.74 Å². The van der Waals surface area contributed by atoms with Gasteiger partial charge in [0.15, 0.2) is 0 Å². The Morgan fingerprint density at radius 2 is 1.62 bits per heavy atom. The Morgan fingerprint density at radius 3 is 2.24 bits per heavy atom. The van der Waals surface area contributed by atoms with Gasteiger partial charge in [-0.05, 0) is 35.7 Å². The van der Waals surface area contributed by atoms with Crippen molar-refractivity contribution in [2.75, 3.05) is 6.61 Å². The first-order chi connectivity index (χ1) is 13.6. The average Bonchev–Trinajstić information content (AvgIpc) is 2.71. The predicted octanol–water partition coefficient (Wildman–Crippen LogP) is 4.25. The Kier molecular flexibility index (Phi) is 6.95. The Bertz CT molecular complexity index is 640. The number of fused-ring (bicyclic) bond motifs is 5. The molecule has 4 atom stereocenters. The summed E-state index contributed by atoms with van der Waals surface area (Å²) in [4.78, 5) is 0.